The van der Waals surface area contributed by atoms with Crippen molar-refractivity contribution in [3.63, 3.8) is 0 Å². The summed E-state index contributed by atoms with van der Waals surface area (Å²) in [4.78, 5) is 9.70. The molecule has 0 aromatic rings. The largest absolute Gasteiger partial charge is 0.385 e. The van der Waals surface area contributed by atoms with Gasteiger partial charge in [-0.2, -0.15) is 0 Å². The Morgan fingerprint density at radius 3 is 2.64 bits per heavy atom. The van der Waals surface area contributed by atoms with Gasteiger partial charge in [0.1, 0.15) is 0 Å². The minimum atomic E-state index is 0.602. The first kappa shape index (κ1) is 22.2. The maximum atomic E-state index is 5.10. The molecule has 2 N–H and O–H groups in total. The third-order valence-corrected chi connectivity index (χ3v) is 4.60. The highest BCUT2D eigenvalue weighted by molar-refractivity contribution is 5.79. The number of hydrogen-bond donors (Lipinski definition) is 2. The topological polar surface area (TPSA) is 52.1 Å². The highest BCUT2D eigenvalue weighted by atomic mass is 16.5. The van der Waals surface area contributed by atoms with E-state index in [1.807, 2.05) is 0 Å². The van der Waals surface area contributed by atoms with Gasteiger partial charge in [0.15, 0.2) is 5.96 Å². The van der Waals surface area contributed by atoms with Gasteiger partial charge in [0.2, 0.25) is 0 Å². The van der Waals surface area contributed by atoms with Gasteiger partial charge < -0.3 is 25.2 Å². The van der Waals surface area contributed by atoms with E-state index in [1.165, 1.54) is 38.9 Å². The Hall–Kier alpha value is -0.850. The molecule has 6 heteroatoms. The predicted octanol–water partition coefficient (Wildman–Crippen LogP) is 1.63. The van der Waals surface area contributed by atoms with Crippen molar-refractivity contribution >= 4 is 5.96 Å². The molecular weight excluding hydrogens is 314 g/mol. The molecule has 1 aliphatic heterocycles. The van der Waals surface area contributed by atoms with Gasteiger partial charge >= 0.3 is 0 Å². The maximum absolute atomic E-state index is 5.10. The standard InChI is InChI=1S/C19H41N5O/c1-5-20-19(21-10-14-23(3)11-9-15-25-4)22-16-18(2)17-24-12-7-6-8-13-24/h18H,5-17H2,1-4H3,(H2,20,21,22). The minimum absolute atomic E-state index is 0.602. The van der Waals surface area contributed by atoms with Crippen molar-refractivity contribution in [2.45, 2.75) is 39.5 Å². The Balaban J connectivity index is 2.25. The van der Waals surface area contributed by atoms with Crippen LogP contribution in [0.3, 0.4) is 0 Å². The van der Waals surface area contributed by atoms with E-state index in [2.05, 4.69) is 41.3 Å². The zero-order valence-corrected chi connectivity index (χ0v) is 17.0. The third-order valence-electron chi connectivity index (χ3n) is 4.60. The Morgan fingerprint density at radius 1 is 1.20 bits per heavy atom. The summed E-state index contributed by atoms with van der Waals surface area (Å²) in [5, 5.41) is 6.81. The summed E-state index contributed by atoms with van der Waals surface area (Å²) in [6.07, 6.45) is 5.20. The van der Waals surface area contributed by atoms with Crippen LogP contribution < -0.4 is 10.6 Å². The van der Waals surface area contributed by atoms with Crippen molar-refractivity contribution in [3.05, 3.63) is 0 Å². The highest BCUT2D eigenvalue weighted by Crippen LogP contribution is 2.11. The van der Waals surface area contributed by atoms with Crippen molar-refractivity contribution in [2.24, 2.45) is 10.9 Å². The van der Waals surface area contributed by atoms with Crippen molar-refractivity contribution in [1.29, 1.82) is 0 Å². The molecule has 0 amide bonds. The smallest absolute Gasteiger partial charge is 0.191 e. The summed E-state index contributed by atoms with van der Waals surface area (Å²) in [5.74, 6) is 1.54. The highest BCUT2D eigenvalue weighted by Gasteiger charge is 2.13. The molecule has 6 nitrogen and oxygen atoms in total. The lowest BCUT2D eigenvalue weighted by atomic mass is 10.1. The Bertz CT molecular complexity index is 345. The summed E-state index contributed by atoms with van der Waals surface area (Å²) in [6, 6.07) is 0. The van der Waals surface area contributed by atoms with E-state index in [-0.39, 0.29) is 0 Å². The van der Waals surface area contributed by atoms with E-state index in [0.717, 1.165) is 51.7 Å². The predicted molar refractivity (Wildman–Crippen MR) is 107 cm³/mol. The van der Waals surface area contributed by atoms with E-state index in [4.69, 9.17) is 9.73 Å². The number of likely N-dealkylation sites (N-methyl/N-ethyl adjacent to an activating group) is 1. The van der Waals surface area contributed by atoms with Gasteiger partial charge in [-0.15, -0.1) is 0 Å². The van der Waals surface area contributed by atoms with Crippen LogP contribution in [-0.2, 0) is 4.74 Å². The first-order chi connectivity index (χ1) is 12.2. The molecule has 25 heavy (non-hydrogen) atoms. The molecule has 1 saturated heterocycles. The number of methoxy groups -OCH3 is 1. The molecule has 0 bridgehead atoms. The normalized spacial score (nSPS) is 17.7. The molecule has 0 aromatic carbocycles. The Labute approximate surface area is 155 Å². The average Bonchev–Trinajstić information content (AvgIpc) is 2.61. The van der Waals surface area contributed by atoms with Crippen LogP contribution in [0.15, 0.2) is 4.99 Å². The Kier molecular flexibility index (Phi) is 12.7. The quantitative estimate of drug-likeness (QED) is 0.317. The minimum Gasteiger partial charge on any atom is -0.385 e. The monoisotopic (exact) mass is 355 g/mol. The number of guanidine groups is 1. The summed E-state index contributed by atoms with van der Waals surface area (Å²) in [7, 11) is 3.91. The number of nitrogens with one attached hydrogen (secondary N) is 2. The van der Waals surface area contributed by atoms with E-state index in [0.29, 0.717) is 5.92 Å². The van der Waals surface area contributed by atoms with Gasteiger partial charge in [-0.05, 0) is 52.2 Å². The molecule has 0 spiro atoms. The SMILES string of the molecule is CCNC(=NCC(C)CN1CCCCC1)NCCN(C)CCCOC. The number of rotatable bonds is 12. The van der Waals surface area contributed by atoms with Gasteiger partial charge in [0, 0.05) is 53.0 Å². The van der Waals surface area contributed by atoms with Crippen molar-refractivity contribution in [3.8, 4) is 0 Å². The summed E-state index contributed by atoms with van der Waals surface area (Å²) in [5.41, 5.74) is 0. The average molecular weight is 356 g/mol. The van der Waals surface area contributed by atoms with Crippen LogP contribution >= 0.6 is 0 Å². The summed E-state index contributed by atoms with van der Waals surface area (Å²) >= 11 is 0. The molecule has 1 atom stereocenters. The van der Waals surface area contributed by atoms with Crippen LogP contribution in [0.25, 0.3) is 0 Å². The van der Waals surface area contributed by atoms with Crippen molar-refractivity contribution in [2.75, 3.05) is 73.1 Å². The van der Waals surface area contributed by atoms with Gasteiger partial charge in [-0.1, -0.05) is 13.3 Å². The molecule has 1 rings (SSSR count). The fourth-order valence-electron chi connectivity index (χ4n) is 3.19. The molecule has 0 radical (unpaired) electrons. The third kappa shape index (κ3) is 11.4. The molecule has 0 aliphatic carbocycles. The number of nitrogens with zero attached hydrogens (tertiary/aromatic N) is 3. The van der Waals surface area contributed by atoms with E-state index in [1.54, 1.807) is 7.11 Å². The first-order valence-electron chi connectivity index (χ1n) is 10.1. The van der Waals surface area contributed by atoms with Crippen LogP contribution in [0, 0.1) is 5.92 Å². The fraction of sp³-hybridized carbons (Fsp3) is 0.947. The Morgan fingerprint density at radius 2 is 1.96 bits per heavy atom. The lowest BCUT2D eigenvalue weighted by Crippen LogP contribution is -2.41. The molecular formula is C19H41N5O. The van der Waals surface area contributed by atoms with Gasteiger partial charge in [-0.25, -0.2) is 0 Å². The molecule has 1 heterocycles. The van der Waals surface area contributed by atoms with Crippen LogP contribution in [0.4, 0.5) is 0 Å². The number of ether oxygens (including phenoxy) is 1. The van der Waals surface area contributed by atoms with Gasteiger partial charge in [-0.3, -0.25) is 4.99 Å². The van der Waals surface area contributed by atoms with Crippen LogP contribution in [-0.4, -0.2) is 88.9 Å². The molecule has 1 unspecified atom stereocenters. The lowest BCUT2D eigenvalue weighted by Gasteiger charge is -2.28. The van der Waals surface area contributed by atoms with Gasteiger partial charge in [0.05, 0.1) is 0 Å². The number of likely N-dealkylation sites (tertiary alicyclic amines) is 1. The van der Waals surface area contributed by atoms with Gasteiger partial charge in [0.25, 0.3) is 0 Å². The zero-order valence-electron chi connectivity index (χ0n) is 17.0. The maximum Gasteiger partial charge on any atom is 0.191 e. The number of hydrogen-bond acceptors (Lipinski definition) is 4. The molecule has 148 valence electrons. The number of aliphatic imine (C=N–C) groups is 1. The molecule has 0 aromatic heterocycles. The van der Waals surface area contributed by atoms with Crippen LogP contribution in [0.1, 0.15) is 39.5 Å². The van der Waals surface area contributed by atoms with Crippen LogP contribution in [0.5, 0.6) is 0 Å². The van der Waals surface area contributed by atoms with E-state index >= 15 is 0 Å². The zero-order chi connectivity index (χ0) is 18.3. The second kappa shape index (κ2) is 14.3. The van der Waals surface area contributed by atoms with E-state index in [9.17, 15) is 0 Å². The molecule has 0 saturated carbocycles. The second-order valence-electron chi connectivity index (χ2n) is 7.26. The number of piperidine rings is 1. The summed E-state index contributed by atoms with van der Waals surface area (Å²) < 4.78 is 5.10. The van der Waals surface area contributed by atoms with Crippen molar-refractivity contribution < 1.29 is 4.74 Å². The first-order valence-corrected chi connectivity index (χ1v) is 10.1. The molecule has 1 aliphatic rings. The summed E-state index contributed by atoms with van der Waals surface area (Å²) in [6.45, 7) is 13.7. The van der Waals surface area contributed by atoms with E-state index < -0.39 is 0 Å². The lowest BCUT2D eigenvalue weighted by molar-refractivity contribution is 0.180. The van der Waals surface area contributed by atoms with Crippen LogP contribution in [0.2, 0.25) is 0 Å². The molecule has 1 fully saturated rings. The van der Waals surface area contributed by atoms with Crippen molar-refractivity contribution in [1.82, 2.24) is 20.4 Å². The second-order valence-corrected chi connectivity index (χ2v) is 7.26. The fourth-order valence-corrected chi connectivity index (χ4v) is 3.19.